The van der Waals surface area contributed by atoms with Crippen molar-refractivity contribution in [1.29, 1.82) is 0 Å². The Bertz CT molecular complexity index is 189. The molecule has 0 aromatic carbocycles. The average Bonchev–Trinajstić information content (AvgIpc) is 2.41. The largest absolute Gasteiger partial charge is 0.309 e. The highest BCUT2D eigenvalue weighted by atomic mass is 32.2. The van der Waals surface area contributed by atoms with Crippen LogP contribution in [-0.4, -0.2) is 61.2 Å². The molecule has 20 heavy (non-hydrogen) atoms. The van der Waals surface area contributed by atoms with Crippen LogP contribution < -0.4 is 0 Å². The summed E-state index contributed by atoms with van der Waals surface area (Å²) in [5.41, 5.74) is 0. The van der Waals surface area contributed by atoms with E-state index in [1.54, 1.807) is 0 Å². The third kappa shape index (κ3) is 16.7. The fourth-order valence-corrected chi connectivity index (χ4v) is 3.50. The van der Waals surface area contributed by atoms with Gasteiger partial charge >= 0.3 is 0 Å². The zero-order chi connectivity index (χ0) is 15.1. The molecule has 0 fully saturated rings. The molecule has 0 spiro atoms. The summed E-state index contributed by atoms with van der Waals surface area (Å²) < 4.78 is 2.44. The molecule has 0 radical (unpaired) electrons. The third-order valence-electron chi connectivity index (χ3n) is 3.38. The summed E-state index contributed by atoms with van der Waals surface area (Å²) in [5.74, 6) is 2.64. The second-order valence-electron chi connectivity index (χ2n) is 5.81. The summed E-state index contributed by atoms with van der Waals surface area (Å²) in [6, 6.07) is 0. The highest BCUT2D eigenvalue weighted by Crippen LogP contribution is 2.13. The molecule has 0 aromatic heterocycles. The minimum absolute atomic E-state index is 1.24. The summed E-state index contributed by atoms with van der Waals surface area (Å²) in [7, 11) is 6.56. The van der Waals surface area contributed by atoms with Crippen LogP contribution in [0, 0.1) is 0 Å². The van der Waals surface area contributed by atoms with Crippen LogP contribution >= 0.6 is 23.7 Å². The first-order chi connectivity index (χ1) is 9.66. The molecule has 122 valence electrons. The molecule has 2 nitrogen and oxygen atoms in total. The Morgan fingerprint density at radius 1 is 0.650 bits per heavy atom. The molecular weight excluding hydrogens is 284 g/mol. The van der Waals surface area contributed by atoms with E-state index >= 15 is 0 Å². The summed E-state index contributed by atoms with van der Waals surface area (Å²) >= 11 is 4.00. The van der Waals surface area contributed by atoms with E-state index in [0.29, 0.717) is 0 Å². The first kappa shape index (κ1) is 20.6. The van der Waals surface area contributed by atoms with Gasteiger partial charge in [0.05, 0.1) is 0 Å². The minimum atomic E-state index is 1.24. The molecule has 0 atom stereocenters. The fraction of sp³-hybridized carbons (Fsp3) is 1.00. The van der Waals surface area contributed by atoms with Crippen LogP contribution in [0.4, 0.5) is 0 Å². The van der Waals surface area contributed by atoms with E-state index in [4.69, 9.17) is 0 Å². The molecule has 0 amide bonds. The minimum Gasteiger partial charge on any atom is -0.309 e. The van der Waals surface area contributed by atoms with Crippen molar-refractivity contribution in [2.75, 3.05) is 52.0 Å². The molecule has 0 aromatic rings. The van der Waals surface area contributed by atoms with Gasteiger partial charge in [-0.3, -0.25) is 4.31 Å². The molecule has 0 heterocycles. The van der Waals surface area contributed by atoms with E-state index in [-0.39, 0.29) is 0 Å². The Morgan fingerprint density at radius 3 is 1.80 bits per heavy atom. The molecule has 0 aliphatic heterocycles. The Kier molecular flexibility index (Phi) is 16.5. The van der Waals surface area contributed by atoms with Gasteiger partial charge in [0.2, 0.25) is 0 Å². The lowest BCUT2D eigenvalue weighted by Gasteiger charge is -2.15. The van der Waals surface area contributed by atoms with Gasteiger partial charge < -0.3 is 4.90 Å². The number of rotatable bonds is 15. The maximum absolute atomic E-state index is 2.44. The molecule has 0 aliphatic carbocycles. The lowest BCUT2D eigenvalue weighted by molar-refractivity contribution is 0.387. The van der Waals surface area contributed by atoms with Crippen LogP contribution in [0.2, 0.25) is 0 Å². The van der Waals surface area contributed by atoms with E-state index in [9.17, 15) is 0 Å². The maximum Gasteiger partial charge on any atom is 0.00862 e. The highest BCUT2D eigenvalue weighted by Gasteiger charge is 1.99. The highest BCUT2D eigenvalue weighted by molar-refractivity contribution is 7.98. The van der Waals surface area contributed by atoms with Gasteiger partial charge in [-0.05, 0) is 65.4 Å². The number of nitrogens with zero attached hydrogens (tertiary/aromatic N) is 2. The molecule has 0 N–H and O–H groups in total. The van der Waals surface area contributed by atoms with Gasteiger partial charge in [0.25, 0.3) is 0 Å². The summed E-state index contributed by atoms with van der Waals surface area (Å²) in [4.78, 5) is 2.28. The zero-order valence-corrected chi connectivity index (χ0v) is 15.8. The maximum atomic E-state index is 2.44. The normalized spacial score (nSPS) is 11.7. The van der Waals surface area contributed by atoms with Crippen molar-refractivity contribution in [3.63, 3.8) is 0 Å². The van der Waals surface area contributed by atoms with Crippen molar-refractivity contribution in [3.8, 4) is 0 Å². The van der Waals surface area contributed by atoms with E-state index in [2.05, 4.69) is 36.6 Å². The molecular formula is C16H36N2S2. The average molecular weight is 321 g/mol. The predicted octanol–water partition coefficient (Wildman–Crippen LogP) is 4.61. The van der Waals surface area contributed by atoms with Crippen LogP contribution in [0.15, 0.2) is 0 Å². The molecule has 0 bridgehead atoms. The predicted molar refractivity (Wildman–Crippen MR) is 99.0 cm³/mol. The number of hydrogen-bond acceptors (Lipinski definition) is 4. The van der Waals surface area contributed by atoms with Crippen LogP contribution in [0.5, 0.6) is 0 Å². The molecule has 0 unspecified atom stereocenters. The van der Waals surface area contributed by atoms with Crippen LogP contribution in [0.25, 0.3) is 0 Å². The first-order valence-corrected chi connectivity index (χ1v) is 10.5. The van der Waals surface area contributed by atoms with Crippen molar-refractivity contribution < 1.29 is 0 Å². The van der Waals surface area contributed by atoms with Crippen molar-refractivity contribution in [2.45, 2.75) is 51.4 Å². The Morgan fingerprint density at radius 2 is 1.20 bits per heavy atom. The number of unbranched alkanes of at least 4 members (excludes halogenated alkanes) is 6. The van der Waals surface area contributed by atoms with Crippen molar-refractivity contribution in [2.24, 2.45) is 0 Å². The van der Waals surface area contributed by atoms with Gasteiger partial charge in [-0.25, -0.2) is 0 Å². The summed E-state index contributed by atoms with van der Waals surface area (Å²) in [5, 5.41) is 0. The van der Waals surface area contributed by atoms with Gasteiger partial charge in [-0.15, -0.1) is 0 Å². The third-order valence-corrected chi connectivity index (χ3v) is 5.17. The lowest BCUT2D eigenvalue weighted by atomic mass is 10.2. The lowest BCUT2D eigenvalue weighted by Crippen LogP contribution is -2.13. The van der Waals surface area contributed by atoms with Crippen molar-refractivity contribution in [1.82, 2.24) is 9.21 Å². The van der Waals surface area contributed by atoms with E-state index in [0.717, 1.165) is 0 Å². The molecule has 4 heteroatoms. The van der Waals surface area contributed by atoms with Gasteiger partial charge in [-0.2, -0.15) is 11.8 Å². The monoisotopic (exact) mass is 320 g/mol. The van der Waals surface area contributed by atoms with E-state index < -0.39 is 0 Å². The van der Waals surface area contributed by atoms with Gasteiger partial charge in [0.15, 0.2) is 0 Å². The second-order valence-corrected chi connectivity index (χ2v) is 8.08. The van der Waals surface area contributed by atoms with Crippen LogP contribution in [0.1, 0.15) is 51.4 Å². The van der Waals surface area contributed by atoms with Crippen LogP contribution in [-0.2, 0) is 0 Å². The number of hydrogen-bond donors (Lipinski definition) is 0. The van der Waals surface area contributed by atoms with Crippen molar-refractivity contribution in [3.05, 3.63) is 0 Å². The summed E-state index contributed by atoms with van der Waals surface area (Å²) in [6.45, 7) is 2.49. The van der Waals surface area contributed by atoms with Crippen LogP contribution in [0.3, 0.4) is 0 Å². The van der Waals surface area contributed by atoms with Gasteiger partial charge in [0.1, 0.15) is 0 Å². The molecule has 0 saturated carbocycles. The molecule has 0 saturated heterocycles. The zero-order valence-electron chi connectivity index (χ0n) is 14.2. The van der Waals surface area contributed by atoms with Gasteiger partial charge in [0, 0.05) is 12.3 Å². The SMILES string of the molecule is CSCCCCCCSN(C)CCCCCCN(C)C. The smallest absolute Gasteiger partial charge is 0.00862 e. The quantitative estimate of drug-likeness (QED) is 0.321. The Balaban J connectivity index is 3.14. The standard InChI is InChI=1S/C16H36N2S2/c1-17(2)13-9-5-6-10-14-18(3)20-16-12-8-7-11-15-19-4/h5-16H2,1-4H3. The van der Waals surface area contributed by atoms with E-state index in [1.807, 2.05) is 23.7 Å². The summed E-state index contributed by atoms with van der Waals surface area (Å²) in [6.07, 6.45) is 13.3. The number of thioether (sulfide) groups is 1. The van der Waals surface area contributed by atoms with E-state index in [1.165, 1.54) is 76.0 Å². The first-order valence-electron chi connectivity index (χ1n) is 8.14. The van der Waals surface area contributed by atoms with Crippen molar-refractivity contribution >= 4 is 23.7 Å². The fourth-order valence-electron chi connectivity index (χ4n) is 2.10. The van der Waals surface area contributed by atoms with Gasteiger partial charge in [-0.1, -0.05) is 37.6 Å². The topological polar surface area (TPSA) is 6.48 Å². The molecule has 0 aliphatic rings. The Hall–Kier alpha value is 0.620. The Labute approximate surface area is 136 Å². The molecule has 0 rings (SSSR count). The second kappa shape index (κ2) is 16.0.